The van der Waals surface area contributed by atoms with Crippen LogP contribution in [0, 0.1) is 13.8 Å². The summed E-state index contributed by atoms with van der Waals surface area (Å²) in [4.78, 5) is 20.2. The predicted molar refractivity (Wildman–Crippen MR) is 136 cm³/mol. The molecule has 1 N–H and O–H groups in total. The highest BCUT2D eigenvalue weighted by molar-refractivity contribution is 8.18. The van der Waals surface area contributed by atoms with Gasteiger partial charge in [-0.3, -0.25) is 4.79 Å². The third kappa shape index (κ3) is 4.07. The smallest absolute Gasteiger partial charge is 0.264 e. The second kappa shape index (κ2) is 8.17. The van der Waals surface area contributed by atoms with Gasteiger partial charge >= 0.3 is 0 Å². The molecule has 0 saturated carbocycles. The molecule has 0 bridgehead atoms. The zero-order valence-corrected chi connectivity index (χ0v) is 20.5. The van der Waals surface area contributed by atoms with Crippen molar-refractivity contribution in [3.8, 4) is 5.75 Å². The molecule has 0 aromatic heterocycles. The molecule has 0 unspecified atom stereocenters. The van der Waals surface area contributed by atoms with E-state index in [0.717, 1.165) is 33.8 Å². The highest BCUT2D eigenvalue weighted by atomic mass is 32.2. The summed E-state index contributed by atoms with van der Waals surface area (Å²) in [5.74, 6) is 0.588. The Morgan fingerprint density at radius 2 is 1.91 bits per heavy atom. The number of nitrogens with one attached hydrogen (secondary N) is 1. The highest BCUT2D eigenvalue weighted by Crippen LogP contribution is 2.42. The van der Waals surface area contributed by atoms with Crippen LogP contribution >= 0.6 is 11.8 Å². The molecule has 2 heterocycles. The Bertz CT molecular complexity index is 1210. The molecular weight excluding hydrogens is 418 g/mol. The van der Waals surface area contributed by atoms with Crippen molar-refractivity contribution >= 4 is 45.9 Å². The standard InChI is InChI=1S/C26H29N3O2S/c1-15-8-9-20(16(2)10-15)27-25-28-24(30)23(32-25)12-18-11-19-17(3)14-26(4,5)29(6)21(19)13-22(18)31-7/h8-14H,1-7H3,(H,27,28,30)/b23-12+. The number of rotatable bonds is 3. The van der Waals surface area contributed by atoms with E-state index in [4.69, 9.17) is 4.74 Å². The Morgan fingerprint density at radius 3 is 2.59 bits per heavy atom. The van der Waals surface area contributed by atoms with E-state index in [9.17, 15) is 4.79 Å². The molecule has 0 radical (unpaired) electrons. The van der Waals surface area contributed by atoms with Crippen LogP contribution in [0.2, 0.25) is 0 Å². The number of amidine groups is 1. The molecule has 1 saturated heterocycles. The lowest BCUT2D eigenvalue weighted by Gasteiger charge is -2.41. The number of thioether (sulfide) groups is 1. The zero-order valence-electron chi connectivity index (χ0n) is 19.7. The van der Waals surface area contributed by atoms with Crippen LogP contribution in [0.15, 0.2) is 46.3 Å². The number of hydrogen-bond donors (Lipinski definition) is 1. The van der Waals surface area contributed by atoms with Crippen LogP contribution in [0.4, 0.5) is 11.4 Å². The van der Waals surface area contributed by atoms with Crippen molar-refractivity contribution in [1.29, 1.82) is 0 Å². The van der Waals surface area contributed by atoms with Gasteiger partial charge in [-0.05, 0) is 75.7 Å². The number of fused-ring (bicyclic) bond motifs is 1. The molecule has 5 nitrogen and oxygen atoms in total. The minimum atomic E-state index is -0.149. The third-order valence-corrected chi connectivity index (χ3v) is 6.99. The Labute approximate surface area is 194 Å². The number of benzene rings is 2. The van der Waals surface area contributed by atoms with E-state index in [0.29, 0.717) is 10.1 Å². The van der Waals surface area contributed by atoms with E-state index in [-0.39, 0.29) is 11.4 Å². The number of aliphatic imine (C=N–C) groups is 1. The Hall–Kier alpha value is -2.99. The third-order valence-electron chi connectivity index (χ3n) is 6.08. The van der Waals surface area contributed by atoms with Gasteiger partial charge in [0.15, 0.2) is 5.17 Å². The van der Waals surface area contributed by atoms with Crippen molar-refractivity contribution in [1.82, 2.24) is 5.32 Å². The minimum Gasteiger partial charge on any atom is -0.496 e. The second-order valence-electron chi connectivity index (χ2n) is 8.92. The van der Waals surface area contributed by atoms with Gasteiger partial charge < -0.3 is 15.0 Å². The number of hydrogen-bond acceptors (Lipinski definition) is 5. The van der Waals surface area contributed by atoms with Gasteiger partial charge in [0.2, 0.25) is 0 Å². The molecular formula is C26H29N3O2S. The molecule has 4 rings (SSSR count). The first kappa shape index (κ1) is 22.2. The lowest BCUT2D eigenvalue weighted by Crippen LogP contribution is -2.42. The van der Waals surface area contributed by atoms with Crippen LogP contribution in [0.5, 0.6) is 5.75 Å². The van der Waals surface area contributed by atoms with Crippen LogP contribution in [-0.4, -0.2) is 30.8 Å². The van der Waals surface area contributed by atoms with Crippen molar-refractivity contribution in [2.45, 2.75) is 40.2 Å². The van der Waals surface area contributed by atoms with Crippen LogP contribution in [0.1, 0.15) is 43.0 Å². The second-order valence-corrected chi connectivity index (χ2v) is 9.95. The highest BCUT2D eigenvalue weighted by Gasteiger charge is 2.30. The van der Waals surface area contributed by atoms with Gasteiger partial charge in [0.1, 0.15) is 5.75 Å². The average molecular weight is 448 g/mol. The van der Waals surface area contributed by atoms with Gasteiger partial charge in [0, 0.05) is 29.9 Å². The van der Waals surface area contributed by atoms with Gasteiger partial charge in [-0.2, -0.15) is 0 Å². The minimum absolute atomic E-state index is 0.0806. The molecule has 166 valence electrons. The number of ether oxygens (including phenoxy) is 1. The SMILES string of the molecule is COc1cc2c(cc1/C=C1/SC(=Nc3ccc(C)cc3C)NC1=O)C(C)=CC(C)(C)N2C. The van der Waals surface area contributed by atoms with Crippen LogP contribution in [-0.2, 0) is 4.79 Å². The average Bonchev–Trinajstić information content (AvgIpc) is 3.06. The predicted octanol–water partition coefficient (Wildman–Crippen LogP) is 5.84. The quantitative estimate of drug-likeness (QED) is 0.601. The van der Waals surface area contributed by atoms with Crippen molar-refractivity contribution in [3.05, 3.63) is 63.6 Å². The molecule has 0 spiro atoms. The summed E-state index contributed by atoms with van der Waals surface area (Å²) in [6.45, 7) is 10.6. The molecule has 2 aliphatic rings. The van der Waals surface area contributed by atoms with Crippen molar-refractivity contribution in [2.75, 3.05) is 19.1 Å². The maximum atomic E-state index is 12.7. The molecule has 6 heteroatoms. The Balaban J connectivity index is 1.70. The van der Waals surface area contributed by atoms with Gasteiger partial charge in [0.25, 0.3) is 5.91 Å². The van der Waals surface area contributed by atoms with Crippen LogP contribution in [0.3, 0.4) is 0 Å². The first-order chi connectivity index (χ1) is 15.1. The summed E-state index contributed by atoms with van der Waals surface area (Å²) in [7, 11) is 3.75. The lowest BCUT2D eigenvalue weighted by molar-refractivity contribution is -0.115. The van der Waals surface area contributed by atoms with Crippen molar-refractivity contribution in [2.24, 2.45) is 4.99 Å². The Morgan fingerprint density at radius 1 is 1.16 bits per heavy atom. The fourth-order valence-corrected chi connectivity index (χ4v) is 4.97. The Kier molecular flexibility index (Phi) is 5.67. The molecule has 32 heavy (non-hydrogen) atoms. The number of amides is 1. The summed E-state index contributed by atoms with van der Waals surface area (Å²) < 4.78 is 5.70. The fraction of sp³-hybridized carbons (Fsp3) is 0.308. The number of carbonyl (C=O) groups is 1. The van der Waals surface area contributed by atoms with Gasteiger partial charge in [-0.25, -0.2) is 4.99 Å². The molecule has 0 aliphatic carbocycles. The molecule has 0 atom stereocenters. The van der Waals surface area contributed by atoms with E-state index in [1.54, 1.807) is 7.11 Å². The number of allylic oxidation sites excluding steroid dienone is 1. The van der Waals surface area contributed by atoms with E-state index in [1.165, 1.54) is 22.9 Å². The molecule has 2 aromatic carbocycles. The number of nitrogens with zero attached hydrogens (tertiary/aromatic N) is 2. The first-order valence-electron chi connectivity index (χ1n) is 10.6. The van der Waals surface area contributed by atoms with E-state index >= 15 is 0 Å². The summed E-state index contributed by atoms with van der Waals surface area (Å²) >= 11 is 1.35. The summed E-state index contributed by atoms with van der Waals surface area (Å²) in [6.07, 6.45) is 4.15. The van der Waals surface area contributed by atoms with E-state index < -0.39 is 0 Å². The molecule has 2 aromatic rings. The largest absolute Gasteiger partial charge is 0.496 e. The number of methoxy groups -OCH3 is 1. The topological polar surface area (TPSA) is 53.9 Å². The first-order valence-corrected chi connectivity index (χ1v) is 11.4. The van der Waals surface area contributed by atoms with E-state index in [1.807, 2.05) is 25.1 Å². The van der Waals surface area contributed by atoms with Crippen LogP contribution in [0.25, 0.3) is 11.6 Å². The van der Waals surface area contributed by atoms with Gasteiger partial charge in [-0.15, -0.1) is 0 Å². The molecule has 2 aliphatic heterocycles. The van der Waals surface area contributed by atoms with Crippen molar-refractivity contribution in [3.63, 3.8) is 0 Å². The number of aryl methyl sites for hydroxylation is 2. The number of likely N-dealkylation sites (N-methyl/N-ethyl adjacent to an activating group) is 1. The summed E-state index contributed by atoms with van der Waals surface area (Å²) in [6, 6.07) is 10.3. The maximum Gasteiger partial charge on any atom is 0.264 e. The fourth-order valence-electron chi connectivity index (χ4n) is 4.15. The summed E-state index contributed by atoms with van der Waals surface area (Å²) in [5.41, 5.74) is 7.40. The number of carbonyl (C=O) groups excluding carboxylic acids is 1. The van der Waals surface area contributed by atoms with Crippen LogP contribution < -0.4 is 15.0 Å². The van der Waals surface area contributed by atoms with E-state index in [2.05, 4.69) is 74.2 Å². The molecule has 1 fully saturated rings. The monoisotopic (exact) mass is 447 g/mol. The zero-order chi connectivity index (χ0) is 23.2. The van der Waals surface area contributed by atoms with Gasteiger partial charge in [-0.1, -0.05) is 23.8 Å². The maximum absolute atomic E-state index is 12.7. The normalized spacial score (nSPS) is 19.8. The lowest BCUT2D eigenvalue weighted by atomic mass is 9.88. The number of anilines is 1. The summed E-state index contributed by atoms with van der Waals surface area (Å²) in [5, 5.41) is 3.47. The van der Waals surface area contributed by atoms with Crippen molar-refractivity contribution < 1.29 is 9.53 Å². The van der Waals surface area contributed by atoms with Gasteiger partial charge in [0.05, 0.1) is 23.2 Å². The molecule has 1 amide bonds.